The van der Waals surface area contributed by atoms with Crippen molar-refractivity contribution in [2.75, 3.05) is 19.5 Å². The molecule has 5 atom stereocenters. The van der Waals surface area contributed by atoms with Crippen molar-refractivity contribution in [2.24, 2.45) is 0 Å². The molecule has 0 radical (unpaired) electrons. The van der Waals surface area contributed by atoms with Crippen molar-refractivity contribution >= 4 is 46.3 Å². The minimum atomic E-state index is -1.56. The molecular weight excluding hydrogens is 396 g/mol. The zero-order valence-electron chi connectivity index (χ0n) is 12.9. The van der Waals surface area contributed by atoms with Gasteiger partial charge in [0, 0.05) is 7.11 Å². The van der Waals surface area contributed by atoms with Crippen LogP contribution < -0.4 is 5.73 Å². The van der Waals surface area contributed by atoms with Crippen LogP contribution in [-0.4, -0.2) is 58.0 Å². The van der Waals surface area contributed by atoms with Gasteiger partial charge in [0.1, 0.15) is 30.2 Å². The number of anilines is 1. The van der Waals surface area contributed by atoms with Crippen molar-refractivity contribution in [3.63, 3.8) is 0 Å². The Morgan fingerprint density at radius 1 is 1.24 bits per heavy atom. The smallest absolute Gasteiger partial charge is 0.272 e. The van der Waals surface area contributed by atoms with Crippen LogP contribution in [0.15, 0.2) is 12.7 Å². The summed E-state index contributed by atoms with van der Waals surface area (Å²) in [4.78, 5) is 12.4. The van der Waals surface area contributed by atoms with E-state index >= 15 is 0 Å². The monoisotopic (exact) mass is 409 g/mol. The zero-order chi connectivity index (χ0) is 17.6. The van der Waals surface area contributed by atoms with Crippen molar-refractivity contribution in [3.05, 3.63) is 12.7 Å². The maximum atomic E-state index is 6.05. The van der Waals surface area contributed by atoms with Crippen molar-refractivity contribution < 1.29 is 23.5 Å². The molecule has 2 aliphatic heterocycles. The van der Waals surface area contributed by atoms with Crippen molar-refractivity contribution in [3.8, 4) is 0 Å². The van der Waals surface area contributed by atoms with Crippen molar-refractivity contribution in [2.45, 2.75) is 31.0 Å². The molecule has 1 unspecified atom stereocenters. The molecule has 25 heavy (non-hydrogen) atoms. The van der Waals surface area contributed by atoms with E-state index < -0.39 is 37.9 Å². The molecule has 0 amide bonds. The van der Waals surface area contributed by atoms with Crippen LogP contribution in [0.2, 0.25) is 0 Å². The first-order valence-corrected chi connectivity index (χ1v) is 10.3. The van der Waals surface area contributed by atoms with Gasteiger partial charge in [-0.15, -0.1) is 0 Å². The average molecular weight is 410 g/mol. The van der Waals surface area contributed by atoms with Gasteiger partial charge in [-0.05, 0) is 22.5 Å². The van der Waals surface area contributed by atoms with Crippen LogP contribution in [0.5, 0.6) is 0 Å². The molecule has 0 aromatic carbocycles. The quantitative estimate of drug-likeness (QED) is 0.736. The summed E-state index contributed by atoms with van der Waals surface area (Å²) >= 11 is 11.4. The van der Waals surface area contributed by atoms with Gasteiger partial charge in [0.05, 0.1) is 12.9 Å². The number of ether oxygens (including phenoxy) is 4. The molecule has 2 saturated heterocycles. The van der Waals surface area contributed by atoms with E-state index in [1.165, 1.54) is 13.4 Å². The number of hydrogen-bond donors (Lipinski definition) is 1. The van der Waals surface area contributed by atoms with Gasteiger partial charge in [0.25, 0.3) is 6.48 Å². The second-order valence-electron chi connectivity index (χ2n) is 5.37. The molecule has 2 fully saturated rings. The van der Waals surface area contributed by atoms with Gasteiger partial charge in [0.2, 0.25) is 6.85 Å². The Kier molecular flexibility index (Phi) is 4.96. The van der Waals surface area contributed by atoms with E-state index in [2.05, 4.69) is 15.0 Å². The van der Waals surface area contributed by atoms with Gasteiger partial charge in [-0.2, -0.15) is 0 Å². The second-order valence-corrected chi connectivity index (χ2v) is 8.39. The van der Waals surface area contributed by atoms with E-state index in [4.69, 9.17) is 51.7 Å². The minimum absolute atomic E-state index is 0.153. The van der Waals surface area contributed by atoms with E-state index in [9.17, 15) is 0 Å². The lowest BCUT2D eigenvalue weighted by molar-refractivity contribution is -0.256. The van der Waals surface area contributed by atoms with E-state index in [1.54, 1.807) is 10.9 Å². The summed E-state index contributed by atoms with van der Waals surface area (Å²) in [5, 5.41) is 0. The number of nitrogen functional groups attached to an aromatic ring is 1. The molecule has 0 bridgehead atoms. The molecule has 0 aliphatic carbocycles. The van der Waals surface area contributed by atoms with E-state index in [1.807, 2.05) is 0 Å². The third-order valence-electron chi connectivity index (χ3n) is 4.01. The fourth-order valence-corrected chi connectivity index (χ4v) is 3.56. The number of aromatic nitrogens is 4. The number of nitrogens with two attached hydrogens (primary N) is 1. The van der Waals surface area contributed by atoms with Crippen LogP contribution in [0.3, 0.4) is 0 Å². The van der Waals surface area contributed by atoms with Crippen LogP contribution in [-0.2, 0) is 23.5 Å². The predicted octanol–water partition coefficient (Wildman–Crippen LogP) is 1.74. The van der Waals surface area contributed by atoms with Crippen LogP contribution in [0.25, 0.3) is 11.2 Å². The third-order valence-corrected chi connectivity index (χ3v) is 4.94. The standard InChI is InChI=1S/C12H14Cl2N5O5P/c1-20-12-23-7-5(2-21-25(13)14)22-11(8(7)24-12)19-4-18-6-9(15)16-3-17-10(6)19/h3-5,7-8,11-12H,2H2,1H3,(H2,15,16,17)/t5-,7-,8-,11-,12?/m1/s1. The molecule has 10 nitrogen and oxygen atoms in total. The number of nitrogens with zero attached hydrogens (tertiary/aromatic N) is 4. The Morgan fingerprint density at radius 3 is 2.80 bits per heavy atom. The molecule has 13 heteroatoms. The molecule has 2 aromatic rings. The van der Waals surface area contributed by atoms with Gasteiger partial charge in [-0.3, -0.25) is 4.57 Å². The zero-order valence-corrected chi connectivity index (χ0v) is 15.3. The van der Waals surface area contributed by atoms with Crippen molar-refractivity contribution in [1.29, 1.82) is 0 Å². The van der Waals surface area contributed by atoms with E-state index in [-0.39, 0.29) is 12.4 Å². The normalized spacial score (nSPS) is 31.9. The molecule has 4 heterocycles. The molecule has 2 aromatic heterocycles. The summed E-state index contributed by atoms with van der Waals surface area (Å²) in [6.45, 7) is -2.21. The van der Waals surface area contributed by atoms with Gasteiger partial charge < -0.3 is 29.2 Å². The molecule has 2 N–H and O–H groups in total. The summed E-state index contributed by atoms with van der Waals surface area (Å²) < 4.78 is 29.7. The summed E-state index contributed by atoms with van der Waals surface area (Å²) in [5.74, 6) is 0.284. The molecular formula is C12H14Cl2N5O5P. The summed E-state index contributed by atoms with van der Waals surface area (Å²) in [6, 6.07) is 0. The fraction of sp³-hybridized carbons (Fsp3) is 0.583. The number of halogens is 2. The Balaban J connectivity index is 1.65. The van der Waals surface area contributed by atoms with Gasteiger partial charge in [0.15, 0.2) is 17.7 Å². The van der Waals surface area contributed by atoms with Crippen LogP contribution in [0, 0.1) is 0 Å². The third kappa shape index (κ3) is 3.17. The van der Waals surface area contributed by atoms with Gasteiger partial charge in [-0.1, -0.05) is 0 Å². The van der Waals surface area contributed by atoms with Crippen LogP contribution in [0.4, 0.5) is 5.82 Å². The van der Waals surface area contributed by atoms with E-state index in [0.29, 0.717) is 11.2 Å². The lowest BCUT2D eigenvalue weighted by atomic mass is 10.1. The maximum Gasteiger partial charge on any atom is 0.272 e. The van der Waals surface area contributed by atoms with Gasteiger partial charge in [-0.25, -0.2) is 15.0 Å². The minimum Gasteiger partial charge on any atom is -0.382 e. The SMILES string of the molecule is COC1O[C@@H]2[C@H](O1)[C@@H](COP(Cl)Cl)O[C@H]2n1cnc2c(N)ncnc21. The highest BCUT2D eigenvalue weighted by Crippen LogP contribution is 2.49. The first-order chi connectivity index (χ1) is 12.1. The van der Waals surface area contributed by atoms with Crippen LogP contribution >= 0.6 is 29.3 Å². The topological polar surface area (TPSA) is 116 Å². The Hall–Kier alpha value is -0.840. The number of imidazole rings is 1. The number of methoxy groups -OCH3 is 1. The Labute approximate surface area is 152 Å². The fourth-order valence-electron chi connectivity index (χ4n) is 2.96. The molecule has 0 spiro atoms. The first-order valence-electron chi connectivity index (χ1n) is 7.25. The molecule has 4 rings (SSSR count). The number of rotatable bonds is 5. The van der Waals surface area contributed by atoms with Gasteiger partial charge >= 0.3 is 0 Å². The highest BCUT2D eigenvalue weighted by Gasteiger charge is 2.54. The Bertz CT molecular complexity index is 767. The summed E-state index contributed by atoms with van der Waals surface area (Å²) in [7, 11) is 1.49. The summed E-state index contributed by atoms with van der Waals surface area (Å²) in [6.07, 6.45) is 1.05. The highest BCUT2D eigenvalue weighted by atomic mass is 35.9. The van der Waals surface area contributed by atoms with Crippen molar-refractivity contribution in [1.82, 2.24) is 19.5 Å². The number of hydrogen-bond acceptors (Lipinski definition) is 9. The Morgan fingerprint density at radius 2 is 2.04 bits per heavy atom. The molecule has 0 saturated carbocycles. The predicted molar refractivity (Wildman–Crippen MR) is 88.8 cm³/mol. The maximum absolute atomic E-state index is 6.05. The lowest BCUT2D eigenvalue weighted by Crippen LogP contribution is -2.31. The molecule has 2 aliphatic rings. The number of fused-ring (bicyclic) bond motifs is 2. The van der Waals surface area contributed by atoms with Crippen LogP contribution in [0.1, 0.15) is 6.23 Å². The first kappa shape index (κ1) is 17.6. The summed E-state index contributed by atoms with van der Waals surface area (Å²) in [5.41, 5.74) is 6.84. The van der Waals surface area contributed by atoms with E-state index in [0.717, 1.165) is 0 Å². The molecule has 136 valence electrons. The highest BCUT2D eigenvalue weighted by molar-refractivity contribution is 8.00. The largest absolute Gasteiger partial charge is 0.382 e. The average Bonchev–Trinajstić information content (AvgIpc) is 3.26. The lowest BCUT2D eigenvalue weighted by Gasteiger charge is -2.20. The second kappa shape index (κ2) is 7.05.